The molecule has 0 bridgehead atoms. The van der Waals surface area contributed by atoms with Gasteiger partial charge in [0.25, 0.3) is 0 Å². The van der Waals surface area contributed by atoms with Gasteiger partial charge >= 0.3 is 0 Å². The maximum absolute atomic E-state index is 12.1. The van der Waals surface area contributed by atoms with Crippen LogP contribution in [0.15, 0.2) is 42.6 Å². The Kier molecular flexibility index (Phi) is 9.24. The Labute approximate surface area is 135 Å². The molecule has 0 aromatic heterocycles. The number of hydrogen-bond donors (Lipinski definition) is 1. The topological polar surface area (TPSA) is 32.3 Å². The van der Waals surface area contributed by atoms with E-state index < -0.39 is 0 Å². The number of benzene rings is 1. The lowest BCUT2D eigenvalue weighted by molar-refractivity contribution is -0.130. The van der Waals surface area contributed by atoms with E-state index in [1.165, 1.54) is 5.56 Å². The summed E-state index contributed by atoms with van der Waals surface area (Å²) in [5.74, 6) is 0.196. The molecule has 0 saturated carbocycles. The van der Waals surface area contributed by atoms with Crippen molar-refractivity contribution in [3.63, 3.8) is 0 Å². The summed E-state index contributed by atoms with van der Waals surface area (Å²) in [5.41, 5.74) is 1.34. The van der Waals surface area contributed by atoms with E-state index in [1.54, 1.807) is 0 Å². The Morgan fingerprint density at radius 1 is 1.23 bits per heavy atom. The van der Waals surface area contributed by atoms with Gasteiger partial charge in [-0.1, -0.05) is 57.2 Å². The molecule has 0 radical (unpaired) electrons. The van der Waals surface area contributed by atoms with Crippen LogP contribution in [0.5, 0.6) is 0 Å². The van der Waals surface area contributed by atoms with Gasteiger partial charge in [0.2, 0.25) is 5.91 Å². The summed E-state index contributed by atoms with van der Waals surface area (Å²) >= 11 is 0. The minimum Gasteiger partial charge on any atom is -0.315 e. The average Bonchev–Trinajstić information content (AvgIpc) is 2.57. The second kappa shape index (κ2) is 11.0. The third-order valence-corrected chi connectivity index (χ3v) is 3.77. The summed E-state index contributed by atoms with van der Waals surface area (Å²) in [5, 5.41) is 3.49. The molecule has 0 saturated heterocycles. The highest BCUT2D eigenvalue weighted by Crippen LogP contribution is 2.08. The molecule has 0 fully saturated rings. The highest BCUT2D eigenvalue weighted by atomic mass is 16.2. The molecule has 1 amide bonds. The largest absolute Gasteiger partial charge is 0.315 e. The van der Waals surface area contributed by atoms with Crippen LogP contribution in [0.4, 0.5) is 0 Å². The number of rotatable bonds is 10. The van der Waals surface area contributed by atoms with E-state index in [2.05, 4.69) is 49.5 Å². The van der Waals surface area contributed by atoms with E-state index in [4.69, 9.17) is 0 Å². The van der Waals surface area contributed by atoms with Crippen LogP contribution >= 0.6 is 0 Å². The molecule has 1 aromatic carbocycles. The normalized spacial score (nSPS) is 12.5. The molecule has 3 nitrogen and oxygen atoms in total. The molecular weight excluding hydrogens is 272 g/mol. The molecule has 1 N–H and O–H groups in total. The van der Waals surface area contributed by atoms with Crippen molar-refractivity contribution in [2.24, 2.45) is 0 Å². The molecular formula is C19H30N2O. The lowest BCUT2D eigenvalue weighted by Gasteiger charge is -2.28. The molecule has 1 rings (SSSR count). The average molecular weight is 302 g/mol. The Morgan fingerprint density at radius 2 is 1.95 bits per heavy atom. The standard InChI is InChI=1S/C19H30N2O/c1-4-7-15-21(19(22)6-3)18(5-2)16-20-14-13-17-11-9-8-10-12-17/h7-12,15,18,20H,4-6,13-14,16H2,1-3H3/b15-7-. The molecule has 3 heteroatoms. The third kappa shape index (κ3) is 6.44. The zero-order valence-corrected chi connectivity index (χ0v) is 14.2. The van der Waals surface area contributed by atoms with Gasteiger partial charge in [-0.2, -0.15) is 0 Å². The van der Waals surface area contributed by atoms with Gasteiger partial charge in [0.05, 0.1) is 0 Å². The van der Waals surface area contributed by atoms with Gasteiger partial charge in [0.1, 0.15) is 0 Å². The fourth-order valence-corrected chi connectivity index (χ4v) is 2.40. The Balaban J connectivity index is 2.47. The van der Waals surface area contributed by atoms with Crippen molar-refractivity contribution in [3.05, 3.63) is 48.2 Å². The molecule has 0 aliphatic rings. The Hall–Kier alpha value is -1.61. The number of hydrogen-bond acceptors (Lipinski definition) is 2. The van der Waals surface area contributed by atoms with Crippen molar-refractivity contribution in [3.8, 4) is 0 Å². The molecule has 122 valence electrons. The summed E-state index contributed by atoms with van der Waals surface area (Å²) in [7, 11) is 0. The zero-order valence-electron chi connectivity index (χ0n) is 14.2. The van der Waals surface area contributed by atoms with E-state index in [1.807, 2.05) is 24.1 Å². The van der Waals surface area contributed by atoms with Crippen LogP contribution in [0.2, 0.25) is 0 Å². The molecule has 22 heavy (non-hydrogen) atoms. The fraction of sp³-hybridized carbons (Fsp3) is 0.526. The number of nitrogens with zero attached hydrogens (tertiary/aromatic N) is 1. The molecule has 1 aromatic rings. The van der Waals surface area contributed by atoms with Gasteiger partial charge in [-0.05, 0) is 31.4 Å². The fourth-order valence-electron chi connectivity index (χ4n) is 2.40. The lowest BCUT2D eigenvalue weighted by atomic mass is 10.1. The molecule has 1 unspecified atom stereocenters. The summed E-state index contributed by atoms with van der Waals surface area (Å²) in [6, 6.07) is 10.7. The first-order valence-corrected chi connectivity index (χ1v) is 8.45. The summed E-state index contributed by atoms with van der Waals surface area (Å²) in [4.78, 5) is 14.0. The second-order valence-electron chi connectivity index (χ2n) is 5.45. The highest BCUT2D eigenvalue weighted by molar-refractivity contribution is 5.77. The van der Waals surface area contributed by atoms with Crippen LogP contribution in [-0.4, -0.2) is 29.9 Å². The smallest absolute Gasteiger partial charge is 0.226 e. The van der Waals surface area contributed by atoms with Gasteiger partial charge in [-0.3, -0.25) is 4.79 Å². The quantitative estimate of drug-likeness (QED) is 0.667. The van der Waals surface area contributed by atoms with Gasteiger partial charge in [0, 0.05) is 25.2 Å². The summed E-state index contributed by atoms with van der Waals surface area (Å²) in [6.45, 7) is 7.92. The Bertz CT molecular complexity index is 442. The van der Waals surface area contributed by atoms with Crippen molar-refractivity contribution in [2.45, 2.75) is 52.5 Å². The van der Waals surface area contributed by atoms with Crippen LogP contribution in [0, 0.1) is 0 Å². The minimum atomic E-state index is 0.196. The van der Waals surface area contributed by atoms with E-state index in [-0.39, 0.29) is 11.9 Å². The minimum absolute atomic E-state index is 0.196. The van der Waals surface area contributed by atoms with Crippen molar-refractivity contribution >= 4 is 5.91 Å². The van der Waals surface area contributed by atoms with Gasteiger partial charge < -0.3 is 10.2 Å². The van der Waals surface area contributed by atoms with Gasteiger partial charge in [-0.25, -0.2) is 0 Å². The van der Waals surface area contributed by atoms with Gasteiger partial charge in [-0.15, -0.1) is 0 Å². The molecule has 0 aliphatic carbocycles. The first kappa shape index (κ1) is 18.4. The number of nitrogens with one attached hydrogen (secondary N) is 1. The predicted octanol–water partition coefficient (Wildman–Crippen LogP) is 3.76. The van der Waals surface area contributed by atoms with E-state index >= 15 is 0 Å². The van der Waals surface area contributed by atoms with E-state index in [0.717, 1.165) is 32.4 Å². The number of carbonyl (C=O) groups is 1. The third-order valence-electron chi connectivity index (χ3n) is 3.77. The number of allylic oxidation sites excluding steroid dienone is 1. The van der Waals surface area contributed by atoms with Crippen molar-refractivity contribution < 1.29 is 4.79 Å². The number of carbonyl (C=O) groups excluding carboxylic acids is 1. The van der Waals surface area contributed by atoms with Crippen LogP contribution in [-0.2, 0) is 11.2 Å². The first-order valence-electron chi connectivity index (χ1n) is 8.45. The summed E-state index contributed by atoms with van der Waals surface area (Å²) in [6.07, 6.45) is 7.49. The second-order valence-corrected chi connectivity index (χ2v) is 5.45. The maximum Gasteiger partial charge on any atom is 0.226 e. The van der Waals surface area contributed by atoms with Crippen LogP contribution < -0.4 is 5.32 Å². The number of amides is 1. The maximum atomic E-state index is 12.1. The highest BCUT2D eigenvalue weighted by Gasteiger charge is 2.18. The molecule has 0 heterocycles. The molecule has 0 spiro atoms. The molecule has 0 aliphatic heterocycles. The zero-order chi connectivity index (χ0) is 16.2. The summed E-state index contributed by atoms with van der Waals surface area (Å²) < 4.78 is 0. The Morgan fingerprint density at radius 3 is 2.55 bits per heavy atom. The van der Waals surface area contributed by atoms with Gasteiger partial charge in [0.15, 0.2) is 0 Å². The van der Waals surface area contributed by atoms with Crippen molar-refractivity contribution in [1.29, 1.82) is 0 Å². The SMILES string of the molecule is CC/C=C\N(C(=O)CC)C(CC)CNCCc1ccccc1. The molecule has 1 atom stereocenters. The van der Waals surface area contributed by atoms with Crippen molar-refractivity contribution in [1.82, 2.24) is 10.2 Å². The van der Waals surface area contributed by atoms with E-state index in [0.29, 0.717) is 6.42 Å². The lowest BCUT2D eigenvalue weighted by Crippen LogP contribution is -2.42. The predicted molar refractivity (Wildman–Crippen MR) is 93.7 cm³/mol. The first-order chi connectivity index (χ1) is 10.7. The van der Waals surface area contributed by atoms with E-state index in [9.17, 15) is 4.79 Å². The monoisotopic (exact) mass is 302 g/mol. The van der Waals surface area contributed by atoms with Crippen molar-refractivity contribution in [2.75, 3.05) is 13.1 Å². The van der Waals surface area contributed by atoms with Crippen LogP contribution in [0.3, 0.4) is 0 Å². The van der Waals surface area contributed by atoms with Crippen LogP contribution in [0.25, 0.3) is 0 Å². The van der Waals surface area contributed by atoms with Crippen LogP contribution in [0.1, 0.15) is 45.6 Å².